The van der Waals surface area contributed by atoms with Gasteiger partial charge in [-0.25, -0.2) is 13.6 Å². The molecule has 7 heteroatoms. The Morgan fingerprint density at radius 2 is 1.81 bits per heavy atom. The summed E-state index contributed by atoms with van der Waals surface area (Å²) in [4.78, 5) is 26.9. The van der Waals surface area contributed by atoms with Crippen molar-refractivity contribution in [3.63, 3.8) is 0 Å². The highest BCUT2D eigenvalue weighted by molar-refractivity contribution is 5.83. The van der Waals surface area contributed by atoms with Gasteiger partial charge in [-0.2, -0.15) is 0 Å². The van der Waals surface area contributed by atoms with Gasteiger partial charge in [-0.15, -0.1) is 0 Å². The van der Waals surface area contributed by atoms with E-state index in [2.05, 4.69) is 0 Å². The second-order valence-corrected chi connectivity index (χ2v) is 6.82. The fourth-order valence-electron chi connectivity index (χ4n) is 2.45. The lowest BCUT2D eigenvalue weighted by molar-refractivity contribution is -0.137. The first-order valence-electron chi connectivity index (χ1n) is 7.17. The average molecular weight is 304 g/mol. The van der Waals surface area contributed by atoms with Crippen LogP contribution in [-0.4, -0.2) is 59.0 Å². The highest BCUT2D eigenvalue weighted by Crippen LogP contribution is 2.49. The maximum atomic E-state index is 13.0. The van der Waals surface area contributed by atoms with Crippen LogP contribution in [0.3, 0.4) is 0 Å². The van der Waals surface area contributed by atoms with Gasteiger partial charge >= 0.3 is 6.09 Å². The van der Waals surface area contributed by atoms with Crippen molar-refractivity contribution in [2.75, 3.05) is 19.6 Å². The molecule has 2 fully saturated rings. The summed E-state index contributed by atoms with van der Waals surface area (Å²) < 4.78 is 31.2. The molecule has 2 atom stereocenters. The minimum atomic E-state index is -2.84. The zero-order valence-electron chi connectivity index (χ0n) is 12.9. The van der Waals surface area contributed by atoms with Gasteiger partial charge in [-0.05, 0) is 27.7 Å². The standard InChI is InChI=1S/C14H22F2N2O3/c1-9-8-17(11(19)10-7-14(10,15)16)5-6-18(9)12(20)21-13(2,3)4/h9-10H,5-8H2,1-4H3. The van der Waals surface area contributed by atoms with E-state index in [1.165, 1.54) is 4.90 Å². The van der Waals surface area contributed by atoms with Gasteiger partial charge in [0.05, 0.1) is 0 Å². The number of halogens is 2. The predicted octanol–water partition coefficient (Wildman–Crippen LogP) is 2.11. The van der Waals surface area contributed by atoms with Crippen LogP contribution in [0, 0.1) is 5.92 Å². The monoisotopic (exact) mass is 304 g/mol. The largest absolute Gasteiger partial charge is 0.444 e. The van der Waals surface area contributed by atoms with Crippen molar-refractivity contribution in [3.8, 4) is 0 Å². The third-order valence-corrected chi connectivity index (χ3v) is 3.69. The second-order valence-electron chi connectivity index (χ2n) is 6.82. The highest BCUT2D eigenvalue weighted by atomic mass is 19.3. The SMILES string of the molecule is CC1CN(C(=O)C2CC2(F)F)CCN1C(=O)OC(C)(C)C. The molecule has 120 valence electrons. The number of hydrogen-bond acceptors (Lipinski definition) is 3. The minimum Gasteiger partial charge on any atom is -0.444 e. The Bertz CT molecular complexity index is 448. The van der Waals surface area contributed by atoms with Crippen LogP contribution in [0.2, 0.25) is 0 Å². The van der Waals surface area contributed by atoms with Crippen LogP contribution in [0.25, 0.3) is 0 Å². The summed E-state index contributed by atoms with van der Waals surface area (Å²) in [6, 6.07) is -0.245. The molecule has 0 N–H and O–H groups in total. The van der Waals surface area contributed by atoms with E-state index < -0.39 is 29.4 Å². The van der Waals surface area contributed by atoms with E-state index >= 15 is 0 Å². The Kier molecular flexibility index (Phi) is 3.88. The Labute approximate surface area is 123 Å². The summed E-state index contributed by atoms with van der Waals surface area (Å²) in [6.07, 6.45) is -0.786. The van der Waals surface area contributed by atoms with Gasteiger partial charge in [0, 0.05) is 32.1 Å². The fraction of sp³-hybridized carbons (Fsp3) is 0.857. The van der Waals surface area contributed by atoms with Crippen molar-refractivity contribution >= 4 is 12.0 Å². The van der Waals surface area contributed by atoms with Gasteiger partial charge in [0.2, 0.25) is 5.91 Å². The molecule has 2 amide bonds. The van der Waals surface area contributed by atoms with E-state index in [-0.39, 0.29) is 25.6 Å². The van der Waals surface area contributed by atoms with E-state index in [1.54, 1.807) is 32.6 Å². The Balaban J connectivity index is 1.90. The molecule has 21 heavy (non-hydrogen) atoms. The molecule has 0 spiro atoms. The molecule has 0 aromatic rings. The lowest BCUT2D eigenvalue weighted by Gasteiger charge is -2.40. The van der Waals surface area contributed by atoms with Crippen molar-refractivity contribution < 1.29 is 23.1 Å². The number of piperazine rings is 1. The van der Waals surface area contributed by atoms with Crippen LogP contribution in [0.15, 0.2) is 0 Å². The van der Waals surface area contributed by atoms with Crippen LogP contribution >= 0.6 is 0 Å². The number of amides is 2. The van der Waals surface area contributed by atoms with E-state index in [0.717, 1.165) is 0 Å². The highest BCUT2D eigenvalue weighted by Gasteiger charge is 2.62. The number of alkyl halides is 2. The van der Waals surface area contributed by atoms with Crippen molar-refractivity contribution in [1.82, 2.24) is 9.80 Å². The number of rotatable bonds is 1. The third-order valence-electron chi connectivity index (χ3n) is 3.69. The number of hydrogen-bond donors (Lipinski definition) is 0. The Hall–Kier alpha value is -1.40. The third kappa shape index (κ3) is 3.63. The second kappa shape index (κ2) is 5.10. The van der Waals surface area contributed by atoms with Crippen molar-refractivity contribution in [2.24, 2.45) is 5.92 Å². The van der Waals surface area contributed by atoms with Gasteiger partial charge in [0.25, 0.3) is 5.92 Å². The molecule has 0 radical (unpaired) electrons. The van der Waals surface area contributed by atoms with Crippen molar-refractivity contribution in [1.29, 1.82) is 0 Å². The molecular weight excluding hydrogens is 282 g/mol. The molecule has 1 aliphatic carbocycles. The van der Waals surface area contributed by atoms with Crippen LogP contribution in [0.1, 0.15) is 34.1 Å². The number of carbonyl (C=O) groups excluding carboxylic acids is 2. The molecule has 2 aliphatic rings. The molecule has 5 nitrogen and oxygen atoms in total. The van der Waals surface area contributed by atoms with Gasteiger partial charge < -0.3 is 14.5 Å². The summed E-state index contributed by atoms with van der Waals surface area (Å²) in [7, 11) is 0. The summed E-state index contributed by atoms with van der Waals surface area (Å²) >= 11 is 0. The van der Waals surface area contributed by atoms with Gasteiger partial charge in [0.15, 0.2) is 0 Å². The molecule has 2 unspecified atom stereocenters. The zero-order chi connectivity index (χ0) is 16.0. The molecule has 1 heterocycles. The summed E-state index contributed by atoms with van der Waals surface area (Å²) in [6.45, 7) is 7.98. The first-order chi connectivity index (χ1) is 9.51. The fourth-order valence-corrected chi connectivity index (χ4v) is 2.45. The van der Waals surface area contributed by atoms with Crippen LogP contribution < -0.4 is 0 Å². The number of nitrogens with zero attached hydrogens (tertiary/aromatic N) is 2. The zero-order valence-corrected chi connectivity index (χ0v) is 12.9. The first-order valence-corrected chi connectivity index (χ1v) is 7.17. The summed E-state index contributed by atoms with van der Waals surface area (Å²) in [5.74, 6) is -4.52. The summed E-state index contributed by atoms with van der Waals surface area (Å²) in [5, 5.41) is 0. The molecule has 1 saturated heterocycles. The van der Waals surface area contributed by atoms with E-state index in [0.29, 0.717) is 6.54 Å². The lowest BCUT2D eigenvalue weighted by Crippen LogP contribution is -2.56. The maximum absolute atomic E-state index is 13.0. The molecule has 1 aliphatic heterocycles. The molecular formula is C14H22F2N2O3. The first kappa shape index (κ1) is 16.0. The van der Waals surface area contributed by atoms with E-state index in [1.807, 2.05) is 0 Å². The van der Waals surface area contributed by atoms with E-state index in [4.69, 9.17) is 4.74 Å². The number of carbonyl (C=O) groups is 2. The molecule has 0 bridgehead atoms. The lowest BCUT2D eigenvalue weighted by atomic mass is 10.1. The van der Waals surface area contributed by atoms with Crippen molar-refractivity contribution in [2.45, 2.75) is 51.7 Å². The Morgan fingerprint density at radius 3 is 2.24 bits per heavy atom. The quantitative estimate of drug-likeness (QED) is 0.745. The molecule has 1 saturated carbocycles. The van der Waals surface area contributed by atoms with Gasteiger partial charge in [-0.1, -0.05) is 0 Å². The Morgan fingerprint density at radius 1 is 1.24 bits per heavy atom. The summed E-state index contributed by atoms with van der Waals surface area (Å²) in [5.41, 5.74) is -0.584. The van der Waals surface area contributed by atoms with Crippen LogP contribution in [0.4, 0.5) is 13.6 Å². The predicted molar refractivity (Wildman–Crippen MR) is 72.0 cm³/mol. The van der Waals surface area contributed by atoms with Crippen LogP contribution in [-0.2, 0) is 9.53 Å². The molecule has 0 aromatic carbocycles. The van der Waals surface area contributed by atoms with Gasteiger partial charge in [0.1, 0.15) is 11.5 Å². The smallest absolute Gasteiger partial charge is 0.410 e. The molecule has 2 rings (SSSR count). The van der Waals surface area contributed by atoms with Crippen LogP contribution in [0.5, 0.6) is 0 Å². The van der Waals surface area contributed by atoms with Crippen molar-refractivity contribution in [3.05, 3.63) is 0 Å². The minimum absolute atomic E-state index is 0.245. The van der Waals surface area contributed by atoms with Gasteiger partial charge in [-0.3, -0.25) is 4.79 Å². The number of ether oxygens (including phenoxy) is 1. The topological polar surface area (TPSA) is 49.9 Å². The normalized spacial score (nSPS) is 28.3. The van der Waals surface area contributed by atoms with E-state index in [9.17, 15) is 18.4 Å². The maximum Gasteiger partial charge on any atom is 0.410 e. The molecule has 0 aromatic heterocycles. The average Bonchev–Trinajstić information content (AvgIpc) is 2.94.